The Balaban J connectivity index is 1.74. The molecule has 0 radical (unpaired) electrons. The van der Waals surface area contributed by atoms with Gasteiger partial charge in [-0.3, -0.25) is 0 Å². The van der Waals surface area contributed by atoms with Gasteiger partial charge in [0.15, 0.2) is 0 Å². The summed E-state index contributed by atoms with van der Waals surface area (Å²) in [5, 5.41) is 3.72. The number of ether oxygens (including phenoxy) is 1. The number of hydrogen-bond donors (Lipinski definition) is 1. The highest BCUT2D eigenvalue weighted by Crippen LogP contribution is 2.19. The van der Waals surface area contributed by atoms with Crippen molar-refractivity contribution in [3.05, 3.63) is 34.6 Å². The number of benzene rings is 1. The zero-order valence-corrected chi connectivity index (χ0v) is 10.5. The second-order valence-corrected chi connectivity index (χ2v) is 4.80. The van der Waals surface area contributed by atoms with E-state index in [4.69, 9.17) is 16.3 Å². The topological polar surface area (TPSA) is 21.3 Å². The SMILES string of the molecule is Fc1cccc(Cl)c1CNCCC1CCOC1. The van der Waals surface area contributed by atoms with E-state index in [9.17, 15) is 4.39 Å². The molecule has 1 atom stereocenters. The van der Waals surface area contributed by atoms with Crippen molar-refractivity contribution in [2.45, 2.75) is 19.4 Å². The fourth-order valence-electron chi connectivity index (χ4n) is 2.03. The van der Waals surface area contributed by atoms with Crippen molar-refractivity contribution in [3.63, 3.8) is 0 Å². The smallest absolute Gasteiger partial charge is 0.129 e. The molecule has 1 aromatic rings. The number of nitrogens with one attached hydrogen (secondary N) is 1. The third-order valence-electron chi connectivity index (χ3n) is 3.12. The molecule has 0 amide bonds. The Morgan fingerprint density at radius 2 is 2.35 bits per heavy atom. The van der Waals surface area contributed by atoms with Crippen LogP contribution in [0, 0.1) is 11.7 Å². The molecule has 4 heteroatoms. The lowest BCUT2D eigenvalue weighted by Gasteiger charge is -2.10. The molecule has 1 fully saturated rings. The Morgan fingerprint density at radius 3 is 3.06 bits per heavy atom. The van der Waals surface area contributed by atoms with Crippen molar-refractivity contribution in [2.75, 3.05) is 19.8 Å². The minimum Gasteiger partial charge on any atom is -0.381 e. The molecule has 1 aliphatic rings. The van der Waals surface area contributed by atoms with Crippen molar-refractivity contribution in [3.8, 4) is 0 Å². The zero-order chi connectivity index (χ0) is 12.1. The molecule has 1 aromatic carbocycles. The lowest BCUT2D eigenvalue weighted by molar-refractivity contribution is 0.184. The van der Waals surface area contributed by atoms with Crippen LogP contribution in [0.2, 0.25) is 5.02 Å². The molecule has 1 saturated heterocycles. The van der Waals surface area contributed by atoms with Crippen LogP contribution in [0.4, 0.5) is 4.39 Å². The van der Waals surface area contributed by atoms with Gasteiger partial charge < -0.3 is 10.1 Å². The van der Waals surface area contributed by atoms with Crippen LogP contribution in [0.1, 0.15) is 18.4 Å². The molecule has 94 valence electrons. The number of halogens is 2. The van der Waals surface area contributed by atoms with Crippen LogP contribution in [0.25, 0.3) is 0 Å². The first kappa shape index (κ1) is 12.8. The summed E-state index contributed by atoms with van der Waals surface area (Å²) < 4.78 is 18.7. The molecule has 0 spiro atoms. The largest absolute Gasteiger partial charge is 0.381 e. The van der Waals surface area contributed by atoms with Crippen LogP contribution in [-0.2, 0) is 11.3 Å². The second-order valence-electron chi connectivity index (χ2n) is 4.40. The third-order valence-corrected chi connectivity index (χ3v) is 3.47. The normalized spacial score (nSPS) is 19.8. The predicted molar refractivity (Wildman–Crippen MR) is 66.7 cm³/mol. The maximum atomic E-state index is 13.4. The highest BCUT2D eigenvalue weighted by atomic mass is 35.5. The highest BCUT2D eigenvalue weighted by Gasteiger charge is 2.14. The summed E-state index contributed by atoms with van der Waals surface area (Å²) >= 11 is 5.94. The molecule has 2 rings (SSSR count). The number of rotatable bonds is 5. The fourth-order valence-corrected chi connectivity index (χ4v) is 2.26. The summed E-state index contributed by atoms with van der Waals surface area (Å²) in [6.45, 7) is 3.10. The molecule has 1 unspecified atom stereocenters. The van der Waals surface area contributed by atoms with Crippen molar-refractivity contribution < 1.29 is 9.13 Å². The van der Waals surface area contributed by atoms with Crippen LogP contribution in [-0.4, -0.2) is 19.8 Å². The van der Waals surface area contributed by atoms with E-state index in [0.29, 0.717) is 23.0 Å². The third kappa shape index (κ3) is 3.66. The average molecular weight is 258 g/mol. The summed E-state index contributed by atoms with van der Waals surface area (Å²) in [5.74, 6) is 0.410. The quantitative estimate of drug-likeness (QED) is 0.819. The van der Waals surface area contributed by atoms with E-state index in [-0.39, 0.29) is 5.82 Å². The molecule has 1 aliphatic heterocycles. The maximum absolute atomic E-state index is 13.4. The molecule has 0 aromatic heterocycles. The van der Waals surface area contributed by atoms with E-state index in [1.807, 2.05) is 0 Å². The van der Waals surface area contributed by atoms with Crippen molar-refractivity contribution in [2.24, 2.45) is 5.92 Å². The van der Waals surface area contributed by atoms with Crippen molar-refractivity contribution in [1.29, 1.82) is 0 Å². The molecule has 17 heavy (non-hydrogen) atoms. The standard InChI is InChI=1S/C13H17ClFNO/c14-12-2-1-3-13(15)11(12)8-16-6-4-10-5-7-17-9-10/h1-3,10,16H,4-9H2. The highest BCUT2D eigenvalue weighted by molar-refractivity contribution is 6.31. The first-order valence-electron chi connectivity index (χ1n) is 5.98. The van der Waals surface area contributed by atoms with Gasteiger partial charge in [-0.15, -0.1) is 0 Å². The first-order valence-corrected chi connectivity index (χ1v) is 6.36. The van der Waals surface area contributed by atoms with Gasteiger partial charge in [0, 0.05) is 30.3 Å². The summed E-state index contributed by atoms with van der Waals surface area (Å²) in [7, 11) is 0. The van der Waals surface area contributed by atoms with E-state index in [0.717, 1.165) is 32.6 Å². The van der Waals surface area contributed by atoms with Crippen LogP contribution in [0.3, 0.4) is 0 Å². The average Bonchev–Trinajstić information content (AvgIpc) is 2.80. The molecule has 1 N–H and O–H groups in total. The minimum absolute atomic E-state index is 0.241. The van der Waals surface area contributed by atoms with Crippen molar-refractivity contribution in [1.82, 2.24) is 5.32 Å². The molecular formula is C13H17ClFNO. The molecule has 0 bridgehead atoms. The first-order chi connectivity index (χ1) is 8.27. The Bertz CT molecular complexity index is 346. The van der Waals surface area contributed by atoms with Crippen LogP contribution in [0.5, 0.6) is 0 Å². The van der Waals surface area contributed by atoms with Crippen LogP contribution < -0.4 is 5.32 Å². The lowest BCUT2D eigenvalue weighted by Crippen LogP contribution is -2.18. The monoisotopic (exact) mass is 257 g/mol. The van der Waals surface area contributed by atoms with Gasteiger partial charge in [0.25, 0.3) is 0 Å². The van der Waals surface area contributed by atoms with Gasteiger partial charge >= 0.3 is 0 Å². The van der Waals surface area contributed by atoms with Crippen molar-refractivity contribution >= 4 is 11.6 Å². The molecular weight excluding hydrogens is 241 g/mol. The van der Waals surface area contributed by atoms with E-state index < -0.39 is 0 Å². The fraction of sp³-hybridized carbons (Fsp3) is 0.538. The lowest BCUT2D eigenvalue weighted by atomic mass is 10.1. The van der Waals surface area contributed by atoms with Crippen LogP contribution >= 0.6 is 11.6 Å². The Morgan fingerprint density at radius 1 is 1.47 bits per heavy atom. The Hall–Kier alpha value is -0.640. The van der Waals surface area contributed by atoms with Gasteiger partial charge in [0.05, 0.1) is 0 Å². The van der Waals surface area contributed by atoms with Gasteiger partial charge in [-0.2, -0.15) is 0 Å². The van der Waals surface area contributed by atoms with Gasteiger partial charge in [-0.25, -0.2) is 4.39 Å². The Kier molecular flexibility index (Phi) is 4.77. The van der Waals surface area contributed by atoms with Gasteiger partial charge in [0.2, 0.25) is 0 Å². The minimum atomic E-state index is -0.241. The maximum Gasteiger partial charge on any atom is 0.129 e. The van der Waals surface area contributed by atoms with E-state index in [1.165, 1.54) is 6.07 Å². The summed E-state index contributed by atoms with van der Waals surface area (Å²) in [6, 6.07) is 4.77. The zero-order valence-electron chi connectivity index (χ0n) is 9.72. The molecule has 0 aliphatic carbocycles. The van der Waals surface area contributed by atoms with E-state index >= 15 is 0 Å². The molecule has 2 nitrogen and oxygen atoms in total. The summed E-state index contributed by atoms with van der Waals surface area (Å²) in [4.78, 5) is 0. The number of hydrogen-bond acceptors (Lipinski definition) is 2. The molecule has 0 saturated carbocycles. The second kappa shape index (κ2) is 6.34. The van der Waals surface area contributed by atoms with Gasteiger partial charge in [-0.1, -0.05) is 17.7 Å². The molecule has 1 heterocycles. The van der Waals surface area contributed by atoms with E-state index in [1.54, 1.807) is 12.1 Å². The van der Waals surface area contributed by atoms with E-state index in [2.05, 4.69) is 5.32 Å². The summed E-state index contributed by atoms with van der Waals surface area (Å²) in [6.07, 6.45) is 2.22. The summed E-state index contributed by atoms with van der Waals surface area (Å²) in [5.41, 5.74) is 0.553. The predicted octanol–water partition coefficient (Wildman–Crippen LogP) is 3.00. The van der Waals surface area contributed by atoms with Crippen LogP contribution in [0.15, 0.2) is 18.2 Å². The Labute approximate surface area is 106 Å². The van der Waals surface area contributed by atoms with Gasteiger partial charge in [0.1, 0.15) is 5.82 Å². The van der Waals surface area contributed by atoms with Gasteiger partial charge in [-0.05, 0) is 37.4 Å².